The second-order valence-electron chi connectivity index (χ2n) is 8.83. The smallest absolute Gasteiger partial charge is 0.0755 e. The molecule has 1 saturated heterocycles. The van der Waals surface area contributed by atoms with Gasteiger partial charge in [0.1, 0.15) is 0 Å². The normalized spacial score (nSPS) is 21.5. The Balaban J connectivity index is 1.32. The van der Waals surface area contributed by atoms with E-state index in [9.17, 15) is 0 Å². The van der Waals surface area contributed by atoms with E-state index in [1.54, 1.807) is 0 Å². The Hall–Kier alpha value is -2.91. The van der Waals surface area contributed by atoms with E-state index in [-0.39, 0.29) is 5.54 Å². The molecule has 30 heavy (non-hydrogen) atoms. The number of hydrogen-bond donors (Lipinski definition) is 1. The topological polar surface area (TPSA) is 27.6 Å². The first kappa shape index (κ1) is 17.9. The zero-order valence-corrected chi connectivity index (χ0v) is 17.3. The van der Waals surface area contributed by atoms with E-state index in [0.29, 0.717) is 0 Å². The highest BCUT2D eigenvalue weighted by Crippen LogP contribution is 2.44. The predicted molar refractivity (Wildman–Crippen MR) is 121 cm³/mol. The minimum absolute atomic E-state index is 0.00476. The minimum Gasteiger partial charge on any atom is -0.375 e. The summed E-state index contributed by atoms with van der Waals surface area (Å²) in [6, 6.07) is 19.5. The quantitative estimate of drug-likeness (QED) is 0.867. The molecule has 150 valence electrons. The van der Waals surface area contributed by atoms with Gasteiger partial charge in [0.15, 0.2) is 0 Å². The molecular weight excluding hydrogens is 366 g/mol. The van der Waals surface area contributed by atoms with E-state index >= 15 is 0 Å². The zero-order valence-electron chi connectivity index (χ0n) is 17.3. The van der Waals surface area contributed by atoms with E-state index in [0.717, 1.165) is 50.7 Å². The number of nitrogens with one attached hydrogen (secondary N) is 1. The molecule has 3 heterocycles. The van der Waals surface area contributed by atoms with E-state index in [2.05, 4.69) is 83.0 Å². The zero-order chi connectivity index (χ0) is 20.0. The van der Waals surface area contributed by atoms with Gasteiger partial charge in [-0.2, -0.15) is 0 Å². The highest BCUT2D eigenvalue weighted by molar-refractivity contribution is 5.79. The Kier molecular flexibility index (Phi) is 4.24. The van der Waals surface area contributed by atoms with Crippen LogP contribution in [0.3, 0.4) is 0 Å². The molecule has 1 fully saturated rings. The van der Waals surface area contributed by atoms with Gasteiger partial charge >= 0.3 is 0 Å². The fraction of sp³-hybridized carbons (Fsp3) is 0.296. The van der Waals surface area contributed by atoms with Crippen LogP contribution < -0.4 is 15.9 Å². The van der Waals surface area contributed by atoms with Crippen molar-refractivity contribution in [3.05, 3.63) is 106 Å². The molecule has 0 amide bonds. The van der Waals surface area contributed by atoms with Crippen LogP contribution in [-0.4, -0.2) is 30.1 Å². The monoisotopic (exact) mass is 393 g/mol. The first-order valence-electron chi connectivity index (χ1n) is 11.2. The van der Waals surface area contributed by atoms with E-state index < -0.39 is 0 Å². The molecule has 6 rings (SSSR count). The summed E-state index contributed by atoms with van der Waals surface area (Å²) in [6.07, 6.45) is 11.0. The van der Waals surface area contributed by atoms with Gasteiger partial charge in [0, 0.05) is 41.7 Å². The lowest BCUT2D eigenvalue weighted by atomic mass is 9.73. The lowest BCUT2D eigenvalue weighted by Crippen LogP contribution is -2.57. The summed E-state index contributed by atoms with van der Waals surface area (Å²) >= 11 is 0. The fourth-order valence-electron chi connectivity index (χ4n) is 5.48. The maximum atomic E-state index is 5.12. The molecule has 0 aromatic heterocycles. The summed E-state index contributed by atoms with van der Waals surface area (Å²) in [6.45, 7) is 3.38. The van der Waals surface area contributed by atoms with Gasteiger partial charge in [0.05, 0.1) is 16.6 Å². The van der Waals surface area contributed by atoms with Crippen molar-refractivity contribution in [3.63, 3.8) is 0 Å². The van der Waals surface area contributed by atoms with E-state index in [1.165, 1.54) is 33.3 Å². The molecule has 3 nitrogen and oxygen atoms in total. The maximum absolute atomic E-state index is 5.12. The molecule has 3 heteroatoms. The highest BCUT2D eigenvalue weighted by atomic mass is 15.2. The fourth-order valence-corrected chi connectivity index (χ4v) is 5.48. The molecule has 0 saturated carbocycles. The number of rotatable bonds is 3. The molecule has 1 spiro atoms. The van der Waals surface area contributed by atoms with Crippen LogP contribution in [0.5, 0.6) is 0 Å². The Morgan fingerprint density at radius 3 is 2.63 bits per heavy atom. The first-order valence-corrected chi connectivity index (χ1v) is 11.2. The second-order valence-corrected chi connectivity index (χ2v) is 8.83. The van der Waals surface area contributed by atoms with Crippen molar-refractivity contribution in [2.24, 2.45) is 4.99 Å². The number of piperidine rings is 1. The van der Waals surface area contributed by atoms with Crippen LogP contribution >= 0.6 is 0 Å². The summed E-state index contributed by atoms with van der Waals surface area (Å²) in [7, 11) is 0. The number of allylic oxidation sites excluding steroid dienone is 4. The van der Waals surface area contributed by atoms with Gasteiger partial charge in [-0.3, -0.25) is 0 Å². The average molecular weight is 394 g/mol. The van der Waals surface area contributed by atoms with E-state index in [1.807, 2.05) is 0 Å². The summed E-state index contributed by atoms with van der Waals surface area (Å²) in [5.74, 6) is 0. The summed E-state index contributed by atoms with van der Waals surface area (Å²) in [4.78, 5) is 7.75. The number of benzene rings is 2. The molecule has 2 aromatic rings. The average Bonchev–Trinajstić information content (AvgIpc) is 3.21. The molecule has 0 atom stereocenters. The van der Waals surface area contributed by atoms with Gasteiger partial charge < -0.3 is 10.2 Å². The van der Waals surface area contributed by atoms with Gasteiger partial charge in [0.25, 0.3) is 0 Å². The third kappa shape index (κ3) is 2.88. The van der Waals surface area contributed by atoms with Crippen LogP contribution in [-0.2, 0) is 6.42 Å². The molecule has 0 radical (unpaired) electrons. The van der Waals surface area contributed by atoms with Crippen LogP contribution in [0.2, 0.25) is 0 Å². The van der Waals surface area contributed by atoms with Crippen molar-refractivity contribution < 1.29 is 0 Å². The van der Waals surface area contributed by atoms with Crippen molar-refractivity contribution in [2.45, 2.75) is 31.2 Å². The molecule has 0 unspecified atom stereocenters. The van der Waals surface area contributed by atoms with Gasteiger partial charge in [0.2, 0.25) is 0 Å². The number of para-hydroxylation sites is 1. The van der Waals surface area contributed by atoms with Crippen molar-refractivity contribution in [3.8, 4) is 0 Å². The largest absolute Gasteiger partial charge is 0.375 e. The Bertz CT molecular complexity index is 1190. The van der Waals surface area contributed by atoms with Crippen LogP contribution in [0.4, 0.5) is 0 Å². The van der Waals surface area contributed by atoms with Gasteiger partial charge in [-0.1, -0.05) is 60.7 Å². The van der Waals surface area contributed by atoms with Gasteiger partial charge in [-0.05, 0) is 43.4 Å². The van der Waals surface area contributed by atoms with Crippen molar-refractivity contribution in [2.75, 3.05) is 19.6 Å². The second kappa shape index (κ2) is 7.10. The van der Waals surface area contributed by atoms with Crippen LogP contribution in [0, 0.1) is 0 Å². The third-order valence-electron chi connectivity index (χ3n) is 7.10. The number of fused-ring (bicyclic) bond motifs is 4. The Labute approximate surface area is 177 Å². The minimum atomic E-state index is -0.00476. The van der Waals surface area contributed by atoms with Crippen molar-refractivity contribution in [1.29, 1.82) is 0 Å². The van der Waals surface area contributed by atoms with Crippen LogP contribution in [0.25, 0.3) is 5.57 Å². The van der Waals surface area contributed by atoms with Gasteiger partial charge in [-0.15, -0.1) is 0 Å². The highest BCUT2D eigenvalue weighted by Gasteiger charge is 2.45. The lowest BCUT2D eigenvalue weighted by Gasteiger charge is -2.48. The predicted octanol–water partition coefficient (Wildman–Crippen LogP) is 3.25. The Morgan fingerprint density at radius 1 is 0.967 bits per heavy atom. The number of hydrogen-bond acceptors (Lipinski definition) is 3. The van der Waals surface area contributed by atoms with Crippen molar-refractivity contribution in [1.82, 2.24) is 10.2 Å². The van der Waals surface area contributed by atoms with E-state index in [4.69, 9.17) is 4.99 Å². The standard InChI is InChI=1S/C27H27N3/c1-2-8-20(9-3-1)14-17-30-18-15-27(16-19-30)25-21-10-4-6-12-23(21)28-26(25)22-11-5-7-13-24(22)29-27/h1-10,12-13,29H,11,14-19H2. The number of likely N-dealkylation sites (tertiary alicyclic amines) is 1. The number of nitrogens with zero attached hydrogens (tertiary/aromatic N) is 2. The molecule has 1 aliphatic carbocycles. The van der Waals surface area contributed by atoms with Crippen molar-refractivity contribution >= 4 is 5.57 Å². The Morgan fingerprint density at radius 2 is 1.77 bits per heavy atom. The third-order valence-corrected chi connectivity index (χ3v) is 7.10. The van der Waals surface area contributed by atoms with Crippen LogP contribution in [0.15, 0.2) is 94.8 Å². The maximum Gasteiger partial charge on any atom is 0.0755 e. The molecular formula is C27H27N3. The van der Waals surface area contributed by atoms with Crippen LogP contribution in [0.1, 0.15) is 24.8 Å². The molecule has 0 bridgehead atoms. The summed E-state index contributed by atoms with van der Waals surface area (Å²) < 4.78 is 0. The molecule has 4 aliphatic rings. The summed E-state index contributed by atoms with van der Waals surface area (Å²) in [5, 5.41) is 6.48. The molecule has 2 aromatic carbocycles. The summed E-state index contributed by atoms with van der Waals surface area (Å²) in [5.41, 5.74) is 6.76. The first-order chi connectivity index (χ1) is 14.8. The molecule has 1 N–H and O–H groups in total. The SMILES string of the molecule is C1=CCC2=C3N=c4ccccc4=C3C3(CCN(CCc4ccccc4)CC3)NC2=C1. The van der Waals surface area contributed by atoms with Gasteiger partial charge in [-0.25, -0.2) is 4.99 Å². The lowest BCUT2D eigenvalue weighted by molar-refractivity contribution is 0.174. The molecule has 3 aliphatic heterocycles.